The summed E-state index contributed by atoms with van der Waals surface area (Å²) in [5.41, 5.74) is 0.308. The maximum absolute atomic E-state index is 13.2. The monoisotopic (exact) mass is 444 g/mol. The summed E-state index contributed by atoms with van der Waals surface area (Å²) in [5, 5.41) is 0.107. The van der Waals surface area contributed by atoms with Crippen molar-refractivity contribution in [2.45, 2.75) is 56.8 Å². The second-order valence-electron chi connectivity index (χ2n) is 7.70. The highest BCUT2D eigenvalue weighted by Gasteiger charge is 2.34. The minimum atomic E-state index is -3.84. The molecular formula is C20H29ClN2O5S. The van der Waals surface area contributed by atoms with E-state index < -0.39 is 10.0 Å². The van der Waals surface area contributed by atoms with Gasteiger partial charge in [-0.05, 0) is 51.8 Å². The molecular weight excluding hydrogens is 416 g/mol. The molecule has 0 bridgehead atoms. The third kappa shape index (κ3) is 5.11. The molecule has 2 saturated heterocycles. The summed E-state index contributed by atoms with van der Waals surface area (Å²) in [7, 11) is -3.84. The Bertz CT molecular complexity index is 831. The number of rotatable bonds is 6. The van der Waals surface area contributed by atoms with E-state index >= 15 is 0 Å². The number of likely N-dealkylation sites (N-methyl/N-ethyl adjacent to an activating group) is 1. The number of benzene rings is 1. The van der Waals surface area contributed by atoms with Gasteiger partial charge in [0.05, 0.1) is 23.3 Å². The van der Waals surface area contributed by atoms with Gasteiger partial charge in [-0.3, -0.25) is 4.79 Å². The quantitative estimate of drug-likeness (QED) is 0.674. The first kappa shape index (κ1) is 22.5. The molecule has 2 heterocycles. The maximum atomic E-state index is 13.2. The molecule has 29 heavy (non-hydrogen) atoms. The van der Waals surface area contributed by atoms with Crippen LogP contribution in [0.3, 0.4) is 0 Å². The highest BCUT2D eigenvalue weighted by Crippen LogP contribution is 2.28. The predicted octanol–water partition coefficient (Wildman–Crippen LogP) is 2.78. The van der Waals surface area contributed by atoms with E-state index in [1.54, 1.807) is 11.0 Å². The van der Waals surface area contributed by atoms with Gasteiger partial charge in [-0.25, -0.2) is 8.42 Å². The minimum Gasteiger partial charge on any atom is -0.376 e. The Morgan fingerprint density at radius 1 is 1.28 bits per heavy atom. The normalized spacial score (nSPS) is 25.9. The van der Waals surface area contributed by atoms with E-state index in [2.05, 4.69) is 0 Å². The molecule has 0 aromatic heterocycles. The van der Waals surface area contributed by atoms with Gasteiger partial charge in [0.1, 0.15) is 4.90 Å². The van der Waals surface area contributed by atoms with Crippen molar-refractivity contribution in [3.8, 4) is 0 Å². The molecule has 1 amide bonds. The highest BCUT2D eigenvalue weighted by atomic mass is 35.5. The molecule has 3 unspecified atom stereocenters. The lowest BCUT2D eigenvalue weighted by atomic mass is 10.1. The summed E-state index contributed by atoms with van der Waals surface area (Å²) in [6.07, 6.45) is 1.54. The topological polar surface area (TPSA) is 76.2 Å². The molecule has 0 radical (unpaired) electrons. The second kappa shape index (κ2) is 9.31. The van der Waals surface area contributed by atoms with Crippen molar-refractivity contribution in [3.05, 3.63) is 28.8 Å². The second-order valence-corrected chi connectivity index (χ2v) is 10.0. The Balaban J connectivity index is 1.85. The third-order valence-electron chi connectivity index (χ3n) is 5.30. The lowest BCUT2D eigenvalue weighted by molar-refractivity contribution is -0.0440. The van der Waals surface area contributed by atoms with Gasteiger partial charge in [-0.2, -0.15) is 4.31 Å². The van der Waals surface area contributed by atoms with Gasteiger partial charge in [0.15, 0.2) is 0 Å². The minimum absolute atomic E-state index is 0.0331. The lowest BCUT2D eigenvalue weighted by Gasteiger charge is -2.34. The molecule has 3 atom stereocenters. The van der Waals surface area contributed by atoms with Crippen LogP contribution in [0.1, 0.15) is 44.0 Å². The Kier molecular flexibility index (Phi) is 7.22. The summed E-state index contributed by atoms with van der Waals surface area (Å²) < 4.78 is 39.1. The molecule has 0 saturated carbocycles. The standard InChI is InChI=1S/C20H29ClN2O5S/c1-4-22(13-17-6-5-9-27-17)20(24)16-7-8-18(21)19(10-16)29(25,26)23-11-14(2)28-15(3)12-23/h7-8,10,14-15,17H,4-6,9,11-13H2,1-3H3. The molecule has 0 aliphatic carbocycles. The van der Waals surface area contributed by atoms with Gasteiger partial charge >= 0.3 is 0 Å². The lowest BCUT2D eigenvalue weighted by Crippen LogP contribution is -2.48. The van der Waals surface area contributed by atoms with Crippen LogP contribution in [0.5, 0.6) is 0 Å². The largest absolute Gasteiger partial charge is 0.376 e. The van der Waals surface area contributed by atoms with Crippen molar-refractivity contribution in [3.63, 3.8) is 0 Å². The Hall–Kier alpha value is -1.19. The highest BCUT2D eigenvalue weighted by molar-refractivity contribution is 7.89. The average Bonchev–Trinajstić information content (AvgIpc) is 3.18. The van der Waals surface area contributed by atoms with E-state index in [9.17, 15) is 13.2 Å². The van der Waals surface area contributed by atoms with Crippen molar-refractivity contribution in [2.24, 2.45) is 0 Å². The molecule has 162 valence electrons. The van der Waals surface area contributed by atoms with Crippen LogP contribution >= 0.6 is 11.6 Å². The van der Waals surface area contributed by atoms with E-state index in [0.29, 0.717) is 18.7 Å². The van der Waals surface area contributed by atoms with Crippen molar-refractivity contribution >= 4 is 27.5 Å². The Morgan fingerprint density at radius 3 is 2.55 bits per heavy atom. The summed E-state index contributed by atoms with van der Waals surface area (Å²) in [4.78, 5) is 14.7. The summed E-state index contributed by atoms with van der Waals surface area (Å²) in [5.74, 6) is -0.222. The zero-order chi connectivity index (χ0) is 21.2. The van der Waals surface area contributed by atoms with Gasteiger partial charge in [-0.15, -0.1) is 0 Å². The van der Waals surface area contributed by atoms with E-state index in [1.807, 2.05) is 20.8 Å². The average molecular weight is 445 g/mol. The number of amides is 1. The van der Waals surface area contributed by atoms with Gasteiger partial charge < -0.3 is 14.4 Å². The van der Waals surface area contributed by atoms with Crippen molar-refractivity contribution in [2.75, 3.05) is 32.8 Å². The number of nitrogens with zero attached hydrogens (tertiary/aromatic N) is 2. The zero-order valence-corrected chi connectivity index (χ0v) is 18.7. The van der Waals surface area contributed by atoms with Crippen molar-refractivity contribution in [1.82, 2.24) is 9.21 Å². The fraction of sp³-hybridized carbons (Fsp3) is 0.650. The summed E-state index contributed by atoms with van der Waals surface area (Å²) in [6, 6.07) is 4.45. The van der Waals surface area contributed by atoms with E-state index in [4.69, 9.17) is 21.1 Å². The van der Waals surface area contributed by atoms with Crippen LogP contribution in [0.4, 0.5) is 0 Å². The Morgan fingerprint density at radius 2 is 1.97 bits per heavy atom. The maximum Gasteiger partial charge on any atom is 0.253 e. The van der Waals surface area contributed by atoms with Gasteiger partial charge in [0.25, 0.3) is 5.91 Å². The van der Waals surface area contributed by atoms with Crippen molar-refractivity contribution < 1.29 is 22.7 Å². The van der Waals surface area contributed by atoms with Gasteiger partial charge in [0, 0.05) is 38.3 Å². The fourth-order valence-electron chi connectivity index (χ4n) is 3.87. The third-order valence-corrected chi connectivity index (χ3v) is 7.61. The van der Waals surface area contributed by atoms with E-state index in [-0.39, 0.29) is 47.2 Å². The molecule has 2 aliphatic rings. The van der Waals surface area contributed by atoms with Crippen LogP contribution in [0, 0.1) is 0 Å². The smallest absolute Gasteiger partial charge is 0.253 e. The van der Waals surface area contributed by atoms with Crippen LogP contribution in [0.25, 0.3) is 0 Å². The van der Waals surface area contributed by atoms with Gasteiger partial charge in [-0.1, -0.05) is 11.6 Å². The molecule has 9 heteroatoms. The number of carbonyl (C=O) groups excluding carboxylic acids is 1. The number of hydrogen-bond acceptors (Lipinski definition) is 5. The number of hydrogen-bond donors (Lipinski definition) is 0. The number of sulfonamides is 1. The first-order chi connectivity index (χ1) is 13.7. The first-order valence-electron chi connectivity index (χ1n) is 10.1. The molecule has 2 aliphatic heterocycles. The van der Waals surface area contributed by atoms with E-state index in [0.717, 1.165) is 19.4 Å². The molecule has 0 spiro atoms. The molecule has 7 nitrogen and oxygen atoms in total. The van der Waals surface area contributed by atoms with Crippen LogP contribution in [0.2, 0.25) is 5.02 Å². The molecule has 2 fully saturated rings. The number of morpholine rings is 1. The molecule has 0 N–H and O–H groups in total. The number of ether oxygens (including phenoxy) is 2. The predicted molar refractivity (Wildman–Crippen MR) is 111 cm³/mol. The SMILES string of the molecule is CCN(CC1CCCO1)C(=O)c1ccc(Cl)c(S(=O)(=O)N2CC(C)OC(C)C2)c1. The molecule has 3 rings (SSSR count). The van der Waals surface area contributed by atoms with Crippen LogP contribution in [0.15, 0.2) is 23.1 Å². The van der Waals surface area contributed by atoms with Crippen LogP contribution < -0.4 is 0 Å². The summed E-state index contributed by atoms with van der Waals surface area (Å²) in [6.45, 7) is 7.81. The Labute approximate surface area is 178 Å². The zero-order valence-electron chi connectivity index (χ0n) is 17.1. The van der Waals surface area contributed by atoms with E-state index in [1.165, 1.54) is 16.4 Å². The van der Waals surface area contributed by atoms with Crippen LogP contribution in [-0.2, 0) is 19.5 Å². The van der Waals surface area contributed by atoms with Crippen LogP contribution in [-0.4, -0.2) is 74.6 Å². The molecule has 1 aromatic carbocycles. The number of halogens is 1. The first-order valence-corrected chi connectivity index (χ1v) is 11.9. The fourth-order valence-corrected chi connectivity index (χ4v) is 5.96. The van der Waals surface area contributed by atoms with Crippen molar-refractivity contribution in [1.29, 1.82) is 0 Å². The summed E-state index contributed by atoms with van der Waals surface area (Å²) >= 11 is 6.25. The number of carbonyl (C=O) groups is 1. The van der Waals surface area contributed by atoms with Gasteiger partial charge in [0.2, 0.25) is 10.0 Å². The molecule has 1 aromatic rings.